The zero-order valence-electron chi connectivity index (χ0n) is 15.3. The molecule has 1 saturated heterocycles. The number of hydrogen-bond donors (Lipinski definition) is 0. The van der Waals surface area contributed by atoms with Gasteiger partial charge in [0.1, 0.15) is 0 Å². The highest BCUT2D eigenvalue weighted by Crippen LogP contribution is 2.33. The van der Waals surface area contributed by atoms with Crippen molar-refractivity contribution >= 4 is 33.1 Å². The van der Waals surface area contributed by atoms with Crippen molar-refractivity contribution in [1.82, 2.24) is 9.88 Å². The Labute approximate surface area is 163 Å². The van der Waals surface area contributed by atoms with Crippen LogP contribution < -0.4 is 4.90 Å². The summed E-state index contributed by atoms with van der Waals surface area (Å²) in [7, 11) is 0. The fourth-order valence-corrected chi connectivity index (χ4v) is 5.43. The number of amides is 1. The molecule has 3 aromatic rings. The number of thiazole rings is 1. The summed E-state index contributed by atoms with van der Waals surface area (Å²) in [6.07, 6.45) is 3.26. The lowest BCUT2D eigenvalue weighted by atomic mass is 9.98. The minimum atomic E-state index is 0.227. The first-order chi connectivity index (χ1) is 13.3. The molecule has 1 fully saturated rings. The molecule has 2 aliphatic heterocycles. The molecule has 0 bridgehead atoms. The van der Waals surface area contributed by atoms with Gasteiger partial charge in [0.15, 0.2) is 0 Å². The van der Waals surface area contributed by atoms with Crippen molar-refractivity contribution in [2.45, 2.75) is 25.2 Å². The van der Waals surface area contributed by atoms with Crippen molar-refractivity contribution in [3.8, 4) is 0 Å². The zero-order chi connectivity index (χ0) is 18.2. The van der Waals surface area contributed by atoms with E-state index in [0.29, 0.717) is 12.5 Å². The lowest BCUT2D eigenvalue weighted by molar-refractivity contribution is -0.119. The molecule has 5 rings (SSSR count). The second kappa shape index (κ2) is 7.06. The van der Waals surface area contributed by atoms with Gasteiger partial charge in [0.05, 0.1) is 21.8 Å². The summed E-state index contributed by atoms with van der Waals surface area (Å²) in [6, 6.07) is 16.6. The van der Waals surface area contributed by atoms with Crippen molar-refractivity contribution in [3.05, 3.63) is 59.1 Å². The number of aromatic nitrogens is 1. The molecule has 1 atom stereocenters. The Kier molecular flexibility index (Phi) is 4.42. The third-order valence-electron chi connectivity index (χ3n) is 5.71. The summed E-state index contributed by atoms with van der Waals surface area (Å²) in [5.74, 6) is 0.666. The number of anilines is 1. The average molecular weight is 378 g/mol. The predicted octanol–water partition coefficient (Wildman–Crippen LogP) is 4.07. The van der Waals surface area contributed by atoms with E-state index in [-0.39, 0.29) is 5.91 Å². The average Bonchev–Trinajstić information content (AvgIpc) is 3.32. The molecule has 0 radical (unpaired) electrons. The van der Waals surface area contributed by atoms with Crippen LogP contribution in [0.2, 0.25) is 0 Å². The van der Waals surface area contributed by atoms with Crippen LogP contribution in [0.4, 0.5) is 5.69 Å². The number of fused-ring (bicyclic) bond motifs is 2. The van der Waals surface area contributed by atoms with Crippen LogP contribution >= 0.6 is 11.3 Å². The molecule has 0 saturated carbocycles. The molecule has 5 heteroatoms. The number of piperidine rings is 1. The van der Waals surface area contributed by atoms with E-state index in [1.807, 2.05) is 28.4 Å². The molecule has 27 heavy (non-hydrogen) atoms. The molecule has 0 N–H and O–H groups in total. The van der Waals surface area contributed by atoms with Crippen LogP contribution in [0.3, 0.4) is 0 Å². The van der Waals surface area contributed by atoms with Crippen molar-refractivity contribution in [2.75, 3.05) is 31.1 Å². The maximum absolute atomic E-state index is 12.9. The van der Waals surface area contributed by atoms with E-state index in [2.05, 4.69) is 41.3 Å². The highest BCUT2D eigenvalue weighted by atomic mass is 32.1. The molecule has 2 aromatic carbocycles. The molecule has 1 amide bonds. The normalized spacial score (nSPS) is 20.1. The monoisotopic (exact) mass is 377 g/mol. The summed E-state index contributed by atoms with van der Waals surface area (Å²) >= 11 is 1.81. The van der Waals surface area contributed by atoms with E-state index in [0.717, 1.165) is 50.1 Å². The molecule has 138 valence electrons. The van der Waals surface area contributed by atoms with Crippen molar-refractivity contribution < 1.29 is 4.79 Å². The van der Waals surface area contributed by atoms with Crippen LogP contribution in [0.1, 0.15) is 29.3 Å². The van der Waals surface area contributed by atoms with Gasteiger partial charge in [0, 0.05) is 24.7 Å². The standard InChI is InChI=1S/C22H23N3OS/c26-21(25-13-11-16-6-1-3-9-19(16)25)15-24-12-5-7-17(14-24)22-23-18-8-2-4-10-20(18)27-22/h1-4,6,8-10,17H,5,7,11-15H2/t17-/m0/s1. The fraction of sp³-hybridized carbons (Fsp3) is 0.364. The SMILES string of the molecule is O=C(CN1CCC[C@H](c2nc3ccccc3s2)C1)N1CCc2ccccc21. The Bertz CT molecular complexity index is 949. The van der Waals surface area contributed by atoms with E-state index >= 15 is 0 Å². The van der Waals surface area contributed by atoms with Crippen LogP contribution in [-0.4, -0.2) is 42.0 Å². The minimum Gasteiger partial charge on any atom is -0.311 e. The molecule has 0 spiro atoms. The first-order valence-corrected chi connectivity index (χ1v) is 10.6. The smallest absolute Gasteiger partial charge is 0.241 e. The third-order valence-corrected chi connectivity index (χ3v) is 6.91. The quantitative estimate of drug-likeness (QED) is 0.690. The number of rotatable bonds is 3. The Morgan fingerprint density at radius 2 is 1.96 bits per heavy atom. The van der Waals surface area contributed by atoms with Gasteiger partial charge in [-0.2, -0.15) is 0 Å². The van der Waals surface area contributed by atoms with Crippen LogP contribution in [-0.2, 0) is 11.2 Å². The van der Waals surface area contributed by atoms with E-state index < -0.39 is 0 Å². The first kappa shape index (κ1) is 16.9. The van der Waals surface area contributed by atoms with Gasteiger partial charge in [-0.05, 0) is 49.6 Å². The Morgan fingerprint density at radius 1 is 1.11 bits per heavy atom. The largest absolute Gasteiger partial charge is 0.311 e. The molecule has 4 nitrogen and oxygen atoms in total. The summed E-state index contributed by atoms with van der Waals surface area (Å²) in [5.41, 5.74) is 3.48. The second-order valence-corrected chi connectivity index (χ2v) is 8.58. The van der Waals surface area contributed by atoms with E-state index in [4.69, 9.17) is 4.98 Å². The Balaban J connectivity index is 1.28. The number of para-hydroxylation sites is 2. The maximum atomic E-state index is 12.9. The van der Waals surface area contributed by atoms with Crippen LogP contribution in [0, 0.1) is 0 Å². The van der Waals surface area contributed by atoms with Gasteiger partial charge in [-0.15, -0.1) is 11.3 Å². The number of carbonyl (C=O) groups excluding carboxylic acids is 1. The zero-order valence-corrected chi connectivity index (χ0v) is 16.1. The predicted molar refractivity (Wildman–Crippen MR) is 111 cm³/mol. The fourth-order valence-electron chi connectivity index (χ4n) is 4.34. The molecule has 3 heterocycles. The van der Waals surface area contributed by atoms with Gasteiger partial charge < -0.3 is 4.90 Å². The number of likely N-dealkylation sites (tertiary alicyclic amines) is 1. The minimum absolute atomic E-state index is 0.227. The van der Waals surface area contributed by atoms with Gasteiger partial charge in [-0.25, -0.2) is 4.98 Å². The van der Waals surface area contributed by atoms with Crippen molar-refractivity contribution in [1.29, 1.82) is 0 Å². The Hall–Kier alpha value is -2.24. The van der Waals surface area contributed by atoms with Gasteiger partial charge in [-0.1, -0.05) is 30.3 Å². The van der Waals surface area contributed by atoms with E-state index in [1.54, 1.807) is 0 Å². The van der Waals surface area contributed by atoms with Crippen molar-refractivity contribution in [2.24, 2.45) is 0 Å². The topological polar surface area (TPSA) is 36.4 Å². The van der Waals surface area contributed by atoms with Crippen LogP contribution in [0.5, 0.6) is 0 Å². The van der Waals surface area contributed by atoms with Gasteiger partial charge >= 0.3 is 0 Å². The van der Waals surface area contributed by atoms with Gasteiger partial charge in [0.2, 0.25) is 5.91 Å². The highest BCUT2D eigenvalue weighted by Gasteiger charge is 2.29. The number of hydrogen-bond acceptors (Lipinski definition) is 4. The van der Waals surface area contributed by atoms with Gasteiger partial charge in [0.25, 0.3) is 0 Å². The Morgan fingerprint density at radius 3 is 2.89 bits per heavy atom. The van der Waals surface area contributed by atoms with Gasteiger partial charge in [-0.3, -0.25) is 9.69 Å². The summed E-state index contributed by atoms with van der Waals surface area (Å²) in [5, 5.41) is 1.22. The van der Waals surface area contributed by atoms with Crippen LogP contribution in [0.25, 0.3) is 10.2 Å². The molecule has 0 unspecified atom stereocenters. The number of nitrogens with zero attached hydrogens (tertiary/aromatic N) is 3. The number of benzene rings is 2. The second-order valence-electron chi connectivity index (χ2n) is 7.52. The number of carbonyl (C=O) groups is 1. The molecular formula is C22H23N3OS. The third kappa shape index (κ3) is 3.26. The molecular weight excluding hydrogens is 354 g/mol. The summed E-state index contributed by atoms with van der Waals surface area (Å²) in [4.78, 5) is 22.1. The molecule has 0 aliphatic carbocycles. The first-order valence-electron chi connectivity index (χ1n) is 9.74. The van der Waals surface area contributed by atoms with Crippen LogP contribution in [0.15, 0.2) is 48.5 Å². The van der Waals surface area contributed by atoms with E-state index in [9.17, 15) is 4.79 Å². The molecule has 2 aliphatic rings. The lowest BCUT2D eigenvalue weighted by Gasteiger charge is -2.32. The lowest BCUT2D eigenvalue weighted by Crippen LogP contribution is -2.43. The van der Waals surface area contributed by atoms with E-state index in [1.165, 1.54) is 15.3 Å². The summed E-state index contributed by atoms with van der Waals surface area (Å²) in [6.45, 7) is 3.26. The maximum Gasteiger partial charge on any atom is 0.241 e. The van der Waals surface area contributed by atoms with Crippen molar-refractivity contribution in [3.63, 3.8) is 0 Å². The molecule has 1 aromatic heterocycles. The summed E-state index contributed by atoms with van der Waals surface area (Å²) < 4.78 is 1.26. The highest BCUT2D eigenvalue weighted by molar-refractivity contribution is 7.18.